The molecule has 1 aliphatic heterocycles. The van der Waals surface area contributed by atoms with Gasteiger partial charge in [0.2, 0.25) is 0 Å². The number of hydrogen-bond acceptors (Lipinski definition) is 2. The van der Waals surface area contributed by atoms with Gasteiger partial charge in [-0.1, -0.05) is 24.3 Å². The first-order valence-electron chi connectivity index (χ1n) is 5.07. The minimum absolute atomic E-state index is 0.0442. The average molecular weight is 226 g/mol. The van der Waals surface area contributed by atoms with Gasteiger partial charge in [0.15, 0.2) is 0 Å². The fraction of sp³-hybridized carbons (Fsp3) is 0.333. The lowest BCUT2D eigenvalue weighted by Gasteiger charge is -2.12. The minimum Gasteiger partial charge on any atom is -0.495 e. The van der Waals surface area contributed by atoms with Crippen LogP contribution in [0.2, 0.25) is 0 Å². The van der Waals surface area contributed by atoms with Crippen LogP contribution < -0.4 is 0 Å². The Morgan fingerprint density at radius 3 is 2.25 bits per heavy atom. The lowest BCUT2D eigenvalue weighted by Crippen LogP contribution is -2.02. The van der Waals surface area contributed by atoms with Crippen molar-refractivity contribution in [1.29, 1.82) is 0 Å². The van der Waals surface area contributed by atoms with Crippen LogP contribution in [0, 0.1) is 0 Å². The quantitative estimate of drug-likeness (QED) is 0.858. The molecule has 0 saturated carbocycles. The van der Waals surface area contributed by atoms with Gasteiger partial charge < -0.3 is 9.84 Å². The van der Waals surface area contributed by atoms with Crippen LogP contribution in [0.25, 0.3) is 0 Å². The predicted molar refractivity (Wildman–Crippen MR) is 55.0 cm³/mol. The fourth-order valence-electron chi connectivity index (χ4n) is 1.62. The Hall–Kier alpha value is -1.42. The highest BCUT2D eigenvalue weighted by Gasteiger charge is 2.18. The third kappa shape index (κ3) is 2.22. The van der Waals surface area contributed by atoms with Gasteiger partial charge in [-0.05, 0) is 11.6 Å². The smallest absolute Gasteiger partial charge is 0.263 e. The van der Waals surface area contributed by atoms with Crippen molar-refractivity contribution in [2.24, 2.45) is 0 Å². The molecule has 0 fully saturated rings. The van der Waals surface area contributed by atoms with E-state index in [1.165, 1.54) is 24.3 Å². The summed E-state index contributed by atoms with van der Waals surface area (Å²) in [6.45, 7) is 0.571. The van der Waals surface area contributed by atoms with Crippen LogP contribution in [-0.2, 0) is 4.74 Å². The molecule has 86 valence electrons. The molecule has 1 heterocycles. The van der Waals surface area contributed by atoms with Crippen molar-refractivity contribution in [2.75, 3.05) is 6.61 Å². The van der Waals surface area contributed by atoms with E-state index >= 15 is 0 Å². The molecule has 0 radical (unpaired) electrons. The van der Waals surface area contributed by atoms with E-state index in [1.54, 1.807) is 0 Å². The summed E-state index contributed by atoms with van der Waals surface area (Å²) in [7, 11) is 0. The number of rotatable bonds is 3. The monoisotopic (exact) mass is 226 g/mol. The zero-order valence-electron chi connectivity index (χ0n) is 8.57. The second-order valence-electron chi connectivity index (χ2n) is 3.61. The first kappa shape index (κ1) is 11.1. The van der Waals surface area contributed by atoms with Gasteiger partial charge in [0.25, 0.3) is 6.43 Å². The highest BCUT2D eigenvalue weighted by Crippen LogP contribution is 2.27. The second-order valence-corrected chi connectivity index (χ2v) is 3.61. The molecule has 1 aromatic carbocycles. The normalized spacial score (nSPS) is 17.1. The standard InChI is InChI=1S/C12H12F2O2/c13-12(14)9-5-3-8(4-6-9)11(15)10-2-1-7-16-10/h2-6,11-12,15H,1,7H2. The van der Waals surface area contributed by atoms with Crippen molar-refractivity contribution in [3.8, 4) is 0 Å². The van der Waals surface area contributed by atoms with E-state index in [0.717, 1.165) is 6.42 Å². The Kier molecular flexibility index (Phi) is 3.19. The number of aliphatic hydroxyl groups excluding tert-OH is 1. The lowest BCUT2D eigenvalue weighted by atomic mass is 10.1. The molecule has 4 heteroatoms. The summed E-state index contributed by atoms with van der Waals surface area (Å²) in [5, 5.41) is 9.87. The van der Waals surface area contributed by atoms with E-state index in [2.05, 4.69) is 0 Å². The maximum Gasteiger partial charge on any atom is 0.263 e. The van der Waals surface area contributed by atoms with Gasteiger partial charge in [-0.15, -0.1) is 0 Å². The fourth-order valence-corrected chi connectivity index (χ4v) is 1.62. The summed E-state index contributed by atoms with van der Waals surface area (Å²) in [4.78, 5) is 0. The van der Waals surface area contributed by atoms with Crippen LogP contribution in [0.3, 0.4) is 0 Å². The van der Waals surface area contributed by atoms with Gasteiger partial charge in [-0.25, -0.2) is 8.78 Å². The molecule has 0 spiro atoms. The third-order valence-corrected chi connectivity index (χ3v) is 2.51. The molecular weight excluding hydrogens is 214 g/mol. The molecular formula is C12H12F2O2. The molecule has 16 heavy (non-hydrogen) atoms. The molecule has 1 unspecified atom stereocenters. The van der Waals surface area contributed by atoms with Crippen LogP contribution >= 0.6 is 0 Å². The number of hydrogen-bond donors (Lipinski definition) is 1. The van der Waals surface area contributed by atoms with Crippen LogP contribution in [-0.4, -0.2) is 11.7 Å². The van der Waals surface area contributed by atoms with E-state index in [1.807, 2.05) is 6.08 Å². The summed E-state index contributed by atoms with van der Waals surface area (Å²) < 4.78 is 29.8. The van der Waals surface area contributed by atoms with Crippen molar-refractivity contribution < 1.29 is 18.6 Å². The molecule has 0 bridgehead atoms. The number of halogens is 2. The molecule has 0 saturated heterocycles. The van der Waals surface area contributed by atoms with Crippen molar-refractivity contribution >= 4 is 0 Å². The van der Waals surface area contributed by atoms with Gasteiger partial charge in [0.05, 0.1) is 6.61 Å². The highest BCUT2D eigenvalue weighted by molar-refractivity contribution is 5.28. The van der Waals surface area contributed by atoms with E-state index in [4.69, 9.17) is 4.74 Å². The Bertz CT molecular complexity index is 385. The van der Waals surface area contributed by atoms with Crippen molar-refractivity contribution in [2.45, 2.75) is 19.0 Å². The molecule has 0 aromatic heterocycles. The van der Waals surface area contributed by atoms with E-state index in [-0.39, 0.29) is 5.56 Å². The van der Waals surface area contributed by atoms with Crippen molar-refractivity contribution in [1.82, 2.24) is 0 Å². The van der Waals surface area contributed by atoms with Gasteiger partial charge in [0.1, 0.15) is 11.9 Å². The second kappa shape index (κ2) is 4.61. The summed E-state index contributed by atoms with van der Waals surface area (Å²) in [6, 6.07) is 5.63. The Balaban J connectivity index is 2.14. The Morgan fingerprint density at radius 2 is 1.75 bits per heavy atom. The van der Waals surface area contributed by atoms with Crippen LogP contribution in [0.1, 0.15) is 30.1 Å². The van der Waals surface area contributed by atoms with Crippen LogP contribution in [0.4, 0.5) is 8.78 Å². The Labute approximate surface area is 92.2 Å². The topological polar surface area (TPSA) is 29.5 Å². The molecule has 1 aliphatic rings. The minimum atomic E-state index is -2.48. The number of aliphatic hydroxyl groups is 1. The van der Waals surface area contributed by atoms with Gasteiger partial charge in [0, 0.05) is 12.0 Å². The van der Waals surface area contributed by atoms with Gasteiger partial charge >= 0.3 is 0 Å². The first-order chi connectivity index (χ1) is 7.68. The van der Waals surface area contributed by atoms with Crippen LogP contribution in [0.15, 0.2) is 36.1 Å². The summed E-state index contributed by atoms with van der Waals surface area (Å²) in [5.41, 5.74) is 0.523. The van der Waals surface area contributed by atoms with Crippen molar-refractivity contribution in [3.05, 3.63) is 47.2 Å². The molecule has 0 aliphatic carbocycles. The zero-order chi connectivity index (χ0) is 11.5. The molecule has 0 amide bonds. The maximum atomic E-state index is 12.3. The predicted octanol–water partition coefficient (Wildman–Crippen LogP) is 2.96. The Morgan fingerprint density at radius 1 is 1.12 bits per heavy atom. The van der Waals surface area contributed by atoms with E-state index in [0.29, 0.717) is 17.9 Å². The summed E-state index contributed by atoms with van der Waals surface area (Å²) >= 11 is 0. The number of benzene rings is 1. The molecule has 1 aromatic rings. The van der Waals surface area contributed by atoms with E-state index in [9.17, 15) is 13.9 Å². The third-order valence-electron chi connectivity index (χ3n) is 2.51. The largest absolute Gasteiger partial charge is 0.495 e. The average Bonchev–Trinajstić information content (AvgIpc) is 2.81. The molecule has 2 rings (SSSR count). The van der Waals surface area contributed by atoms with Crippen molar-refractivity contribution in [3.63, 3.8) is 0 Å². The first-order valence-corrected chi connectivity index (χ1v) is 5.07. The van der Waals surface area contributed by atoms with E-state index < -0.39 is 12.5 Å². The van der Waals surface area contributed by atoms with Gasteiger partial charge in [-0.2, -0.15) is 0 Å². The van der Waals surface area contributed by atoms with Gasteiger partial charge in [-0.3, -0.25) is 0 Å². The maximum absolute atomic E-state index is 12.3. The summed E-state index contributed by atoms with van der Waals surface area (Å²) in [6.07, 6.45) is -0.741. The lowest BCUT2D eigenvalue weighted by molar-refractivity contribution is 0.118. The zero-order valence-corrected chi connectivity index (χ0v) is 8.57. The molecule has 1 N–H and O–H groups in total. The SMILES string of the molecule is OC(C1=CCCO1)c1ccc(C(F)F)cc1. The number of ether oxygens (including phenoxy) is 1. The molecule has 2 nitrogen and oxygen atoms in total. The molecule has 1 atom stereocenters. The number of alkyl halides is 2. The highest BCUT2D eigenvalue weighted by atomic mass is 19.3. The summed E-state index contributed by atoms with van der Waals surface area (Å²) in [5.74, 6) is 0.504. The van der Waals surface area contributed by atoms with Crippen LogP contribution in [0.5, 0.6) is 0 Å².